The molecule has 0 N–H and O–H groups in total. The van der Waals surface area contributed by atoms with Gasteiger partial charge in [-0.2, -0.15) is 0 Å². The fourth-order valence-electron chi connectivity index (χ4n) is 3.47. The molecule has 1 heterocycles. The largest absolute Gasteiger partial charge is 0.355 e. The summed E-state index contributed by atoms with van der Waals surface area (Å²) in [5, 5.41) is 0.411. The zero-order valence-corrected chi connectivity index (χ0v) is 16.6. The number of fused-ring (bicyclic) bond motifs is 1. The van der Waals surface area contributed by atoms with E-state index in [0.29, 0.717) is 17.1 Å². The average molecular weight is 386 g/mol. The van der Waals surface area contributed by atoms with Crippen molar-refractivity contribution in [2.24, 2.45) is 5.41 Å². The van der Waals surface area contributed by atoms with Crippen LogP contribution >= 0.6 is 11.6 Å². The number of carbonyl (C=O) groups excluding carboxylic acids is 2. The van der Waals surface area contributed by atoms with E-state index in [1.54, 1.807) is 29.2 Å². The SMILES string of the molecule is CC(C)(C)CN1C(=O)C(CC=O)(c2ccccc2Cl)OCc2ccccc21. The number of carbonyl (C=O) groups is 2. The molecular formula is C22H24ClNO3. The predicted molar refractivity (Wildman–Crippen MR) is 107 cm³/mol. The summed E-state index contributed by atoms with van der Waals surface area (Å²) in [7, 11) is 0. The van der Waals surface area contributed by atoms with Crippen molar-refractivity contribution in [1.82, 2.24) is 0 Å². The van der Waals surface area contributed by atoms with E-state index >= 15 is 0 Å². The van der Waals surface area contributed by atoms with Crippen molar-refractivity contribution < 1.29 is 14.3 Å². The minimum absolute atomic E-state index is 0.0931. The van der Waals surface area contributed by atoms with E-state index in [4.69, 9.17) is 16.3 Å². The van der Waals surface area contributed by atoms with Gasteiger partial charge in [-0.25, -0.2) is 0 Å². The quantitative estimate of drug-likeness (QED) is 0.714. The highest BCUT2D eigenvalue weighted by Gasteiger charge is 2.48. The van der Waals surface area contributed by atoms with Crippen molar-refractivity contribution in [1.29, 1.82) is 0 Å². The minimum atomic E-state index is -1.44. The van der Waals surface area contributed by atoms with Gasteiger partial charge in [0, 0.05) is 34.8 Å². The summed E-state index contributed by atoms with van der Waals surface area (Å²) in [6.07, 6.45) is 0.636. The Balaban J connectivity index is 2.21. The molecular weight excluding hydrogens is 362 g/mol. The Bertz CT molecular complexity index is 859. The number of rotatable bonds is 4. The molecule has 27 heavy (non-hydrogen) atoms. The van der Waals surface area contributed by atoms with Crippen molar-refractivity contribution >= 4 is 29.5 Å². The number of amides is 1. The molecule has 0 radical (unpaired) electrons. The number of hydrogen-bond donors (Lipinski definition) is 0. The number of aldehydes is 1. The van der Waals surface area contributed by atoms with E-state index in [1.807, 2.05) is 24.3 Å². The van der Waals surface area contributed by atoms with Crippen LogP contribution in [0.4, 0.5) is 5.69 Å². The lowest BCUT2D eigenvalue weighted by molar-refractivity contribution is -0.150. The van der Waals surface area contributed by atoms with Gasteiger partial charge < -0.3 is 14.4 Å². The molecule has 1 aliphatic rings. The van der Waals surface area contributed by atoms with Crippen molar-refractivity contribution in [3.63, 3.8) is 0 Å². The number of para-hydroxylation sites is 1. The Labute approximate surface area is 165 Å². The molecule has 5 heteroatoms. The number of anilines is 1. The standard InChI is InChI=1S/C22H24ClNO3/c1-21(2,3)15-24-19-11-7-4-8-16(19)14-27-22(12-13-25,20(24)26)17-9-5-6-10-18(17)23/h4-11,13H,12,14-15H2,1-3H3. The van der Waals surface area contributed by atoms with E-state index in [1.165, 1.54) is 0 Å². The number of ether oxygens (including phenoxy) is 1. The van der Waals surface area contributed by atoms with Crippen LogP contribution < -0.4 is 4.90 Å². The Kier molecular flexibility index (Phi) is 5.41. The molecule has 0 aliphatic carbocycles. The predicted octanol–water partition coefficient (Wildman–Crippen LogP) is 4.73. The second-order valence-corrected chi connectivity index (χ2v) is 8.45. The normalized spacial score (nSPS) is 20.1. The van der Waals surface area contributed by atoms with Gasteiger partial charge in [0.25, 0.3) is 5.91 Å². The molecule has 4 nitrogen and oxygen atoms in total. The Morgan fingerprint density at radius 3 is 2.48 bits per heavy atom. The maximum Gasteiger partial charge on any atom is 0.264 e. The van der Waals surface area contributed by atoms with Crippen molar-refractivity contribution in [3.8, 4) is 0 Å². The molecule has 1 aliphatic heterocycles. The van der Waals surface area contributed by atoms with Crippen LogP contribution in [0.2, 0.25) is 5.02 Å². The Hall–Kier alpha value is -2.17. The van der Waals surface area contributed by atoms with Crippen LogP contribution in [0.5, 0.6) is 0 Å². The minimum Gasteiger partial charge on any atom is -0.355 e. The molecule has 1 unspecified atom stereocenters. The van der Waals surface area contributed by atoms with E-state index < -0.39 is 5.60 Å². The van der Waals surface area contributed by atoms with Crippen molar-refractivity contribution in [2.75, 3.05) is 11.4 Å². The number of hydrogen-bond acceptors (Lipinski definition) is 3. The summed E-state index contributed by atoms with van der Waals surface area (Å²) in [6, 6.07) is 14.8. The molecule has 0 spiro atoms. The monoisotopic (exact) mass is 385 g/mol. The zero-order valence-electron chi connectivity index (χ0n) is 15.9. The first-order valence-corrected chi connectivity index (χ1v) is 9.39. The molecule has 3 rings (SSSR count). The van der Waals surface area contributed by atoms with Crippen LogP contribution in [-0.2, 0) is 26.5 Å². The van der Waals surface area contributed by atoms with Gasteiger partial charge >= 0.3 is 0 Å². The summed E-state index contributed by atoms with van der Waals surface area (Å²) in [6.45, 7) is 6.95. The van der Waals surface area contributed by atoms with Gasteiger partial charge in [0.05, 0.1) is 6.61 Å². The van der Waals surface area contributed by atoms with Crippen LogP contribution in [0, 0.1) is 5.41 Å². The van der Waals surface area contributed by atoms with Gasteiger partial charge in [-0.05, 0) is 17.5 Å². The lowest BCUT2D eigenvalue weighted by atomic mass is 9.87. The molecule has 1 atom stereocenters. The average Bonchev–Trinajstić information content (AvgIpc) is 2.73. The first-order valence-electron chi connectivity index (χ1n) is 9.01. The van der Waals surface area contributed by atoms with Crippen LogP contribution in [0.3, 0.4) is 0 Å². The van der Waals surface area contributed by atoms with E-state index in [9.17, 15) is 9.59 Å². The summed E-state index contributed by atoms with van der Waals surface area (Å²) < 4.78 is 6.17. The van der Waals surface area contributed by atoms with Gasteiger partial charge in [-0.15, -0.1) is 0 Å². The second-order valence-electron chi connectivity index (χ2n) is 8.05. The highest BCUT2D eigenvalue weighted by molar-refractivity contribution is 6.32. The number of benzene rings is 2. The van der Waals surface area contributed by atoms with Crippen molar-refractivity contribution in [3.05, 3.63) is 64.7 Å². The van der Waals surface area contributed by atoms with E-state index in [-0.39, 0.29) is 24.3 Å². The number of halogens is 1. The summed E-state index contributed by atoms with van der Waals surface area (Å²) in [5.41, 5.74) is 0.674. The molecule has 0 aromatic heterocycles. The van der Waals surface area contributed by atoms with Crippen LogP contribution in [0.1, 0.15) is 38.3 Å². The lowest BCUT2D eigenvalue weighted by Gasteiger charge is -2.37. The van der Waals surface area contributed by atoms with Gasteiger partial charge in [0.1, 0.15) is 6.29 Å². The van der Waals surface area contributed by atoms with Crippen LogP contribution in [0.15, 0.2) is 48.5 Å². The molecule has 0 fully saturated rings. The van der Waals surface area contributed by atoms with Gasteiger partial charge in [0.15, 0.2) is 5.60 Å². The fraction of sp³-hybridized carbons (Fsp3) is 0.364. The van der Waals surface area contributed by atoms with E-state index in [2.05, 4.69) is 20.8 Å². The maximum absolute atomic E-state index is 13.8. The van der Waals surface area contributed by atoms with E-state index in [0.717, 1.165) is 17.5 Å². The van der Waals surface area contributed by atoms with Gasteiger partial charge in [0.2, 0.25) is 0 Å². The fourth-order valence-corrected chi connectivity index (χ4v) is 3.76. The molecule has 0 saturated carbocycles. The summed E-state index contributed by atoms with van der Waals surface area (Å²) in [4.78, 5) is 27.2. The first-order chi connectivity index (χ1) is 12.8. The topological polar surface area (TPSA) is 46.6 Å². The van der Waals surface area contributed by atoms with Gasteiger partial charge in [-0.3, -0.25) is 4.79 Å². The third-order valence-corrected chi connectivity index (χ3v) is 4.99. The highest BCUT2D eigenvalue weighted by Crippen LogP contribution is 2.42. The Morgan fingerprint density at radius 1 is 1.15 bits per heavy atom. The third kappa shape index (κ3) is 3.78. The highest BCUT2D eigenvalue weighted by atomic mass is 35.5. The Morgan fingerprint density at radius 2 is 1.81 bits per heavy atom. The lowest BCUT2D eigenvalue weighted by Crippen LogP contribution is -2.50. The molecule has 142 valence electrons. The number of nitrogens with zero attached hydrogens (tertiary/aromatic N) is 1. The second kappa shape index (κ2) is 7.45. The summed E-state index contributed by atoms with van der Waals surface area (Å²) >= 11 is 6.43. The smallest absolute Gasteiger partial charge is 0.264 e. The molecule has 0 saturated heterocycles. The zero-order chi connectivity index (χ0) is 19.7. The molecule has 1 amide bonds. The molecule has 2 aromatic carbocycles. The molecule has 2 aromatic rings. The first kappa shape index (κ1) is 19.6. The van der Waals surface area contributed by atoms with Gasteiger partial charge in [-0.1, -0.05) is 68.8 Å². The summed E-state index contributed by atoms with van der Waals surface area (Å²) in [5.74, 6) is -0.262. The maximum atomic E-state index is 13.8. The van der Waals surface area contributed by atoms with Crippen molar-refractivity contribution in [2.45, 2.75) is 39.4 Å². The third-order valence-electron chi connectivity index (χ3n) is 4.66. The molecule has 0 bridgehead atoms. The van der Waals surface area contributed by atoms with Crippen LogP contribution in [-0.4, -0.2) is 18.7 Å². The van der Waals surface area contributed by atoms with Crippen LogP contribution in [0.25, 0.3) is 0 Å².